The van der Waals surface area contributed by atoms with Crippen LogP contribution in [0, 0.1) is 10.7 Å². The summed E-state index contributed by atoms with van der Waals surface area (Å²) in [5.74, 6) is -0.649. The molecule has 16 heavy (non-hydrogen) atoms. The van der Waals surface area contributed by atoms with Gasteiger partial charge in [-0.05, 0) is 30.2 Å². The largest absolute Gasteiger partial charge is 0.310 e. The zero-order valence-electron chi connectivity index (χ0n) is 8.65. The third-order valence-corrected chi connectivity index (χ3v) is 2.65. The maximum Gasteiger partial charge on any atom is 0.227 e. The molecule has 4 nitrogen and oxygen atoms in total. The standard InChI is InChI=1S/C11H11FN2O2/c12-9-7-8(13-16)4-5-10(9)14-6-2-1-3-11(14)15/h4-5,7H,1-3,6H2. The summed E-state index contributed by atoms with van der Waals surface area (Å²) in [5.41, 5.74) is 0.266. The van der Waals surface area contributed by atoms with E-state index in [1.54, 1.807) is 0 Å². The summed E-state index contributed by atoms with van der Waals surface area (Å²) in [4.78, 5) is 23.2. The summed E-state index contributed by atoms with van der Waals surface area (Å²) < 4.78 is 13.6. The van der Waals surface area contributed by atoms with Gasteiger partial charge in [0.15, 0.2) is 0 Å². The molecule has 1 aromatic rings. The fourth-order valence-electron chi connectivity index (χ4n) is 1.83. The minimum absolute atomic E-state index is 0.0331. The second-order valence-electron chi connectivity index (χ2n) is 3.73. The molecular formula is C11H11FN2O2. The average Bonchev–Trinajstić information content (AvgIpc) is 2.30. The van der Waals surface area contributed by atoms with E-state index >= 15 is 0 Å². The number of carbonyl (C=O) groups is 1. The number of carbonyl (C=O) groups excluding carboxylic acids is 1. The monoisotopic (exact) mass is 222 g/mol. The van der Waals surface area contributed by atoms with Crippen LogP contribution in [0.4, 0.5) is 15.8 Å². The number of hydrogen-bond acceptors (Lipinski definition) is 3. The van der Waals surface area contributed by atoms with Gasteiger partial charge in [0.1, 0.15) is 11.5 Å². The Labute approximate surface area is 92.0 Å². The molecule has 1 amide bonds. The zero-order valence-corrected chi connectivity index (χ0v) is 8.65. The lowest BCUT2D eigenvalue weighted by molar-refractivity contribution is -0.119. The Morgan fingerprint density at radius 2 is 2.12 bits per heavy atom. The van der Waals surface area contributed by atoms with Gasteiger partial charge >= 0.3 is 0 Å². The first-order chi connectivity index (χ1) is 7.72. The Hall–Kier alpha value is -1.78. The fraction of sp³-hybridized carbons (Fsp3) is 0.364. The third-order valence-electron chi connectivity index (χ3n) is 2.65. The van der Waals surface area contributed by atoms with Gasteiger partial charge in [-0.3, -0.25) is 4.79 Å². The lowest BCUT2D eigenvalue weighted by Crippen LogP contribution is -2.35. The summed E-state index contributed by atoms with van der Waals surface area (Å²) in [6.45, 7) is 0.531. The fourth-order valence-corrected chi connectivity index (χ4v) is 1.83. The average molecular weight is 222 g/mol. The lowest BCUT2D eigenvalue weighted by Gasteiger charge is -2.27. The van der Waals surface area contributed by atoms with Gasteiger partial charge in [-0.1, -0.05) is 0 Å². The predicted molar refractivity (Wildman–Crippen MR) is 58.1 cm³/mol. The number of rotatable bonds is 2. The molecule has 0 unspecified atom stereocenters. The van der Waals surface area contributed by atoms with Crippen molar-refractivity contribution in [2.45, 2.75) is 19.3 Å². The Balaban J connectivity index is 2.32. The van der Waals surface area contributed by atoms with Crippen LogP contribution in [0.2, 0.25) is 0 Å². The summed E-state index contributed by atoms with van der Waals surface area (Å²) in [6, 6.07) is 3.88. The second kappa shape index (κ2) is 4.38. The number of amides is 1. The second-order valence-corrected chi connectivity index (χ2v) is 3.73. The molecule has 0 aliphatic carbocycles. The minimum atomic E-state index is -0.577. The van der Waals surface area contributed by atoms with Crippen LogP contribution in [-0.4, -0.2) is 12.5 Å². The summed E-state index contributed by atoms with van der Waals surface area (Å²) >= 11 is 0. The van der Waals surface area contributed by atoms with Gasteiger partial charge in [-0.15, -0.1) is 4.91 Å². The Morgan fingerprint density at radius 1 is 1.31 bits per heavy atom. The van der Waals surface area contributed by atoms with Crippen LogP contribution in [-0.2, 0) is 4.79 Å². The molecule has 0 spiro atoms. The molecule has 1 fully saturated rings. The van der Waals surface area contributed by atoms with Gasteiger partial charge in [0.05, 0.1) is 5.69 Å². The van der Waals surface area contributed by atoms with E-state index in [0.29, 0.717) is 13.0 Å². The van der Waals surface area contributed by atoms with Crippen LogP contribution in [0.1, 0.15) is 19.3 Å². The van der Waals surface area contributed by atoms with E-state index in [4.69, 9.17) is 0 Å². The highest BCUT2D eigenvalue weighted by Crippen LogP contribution is 2.27. The van der Waals surface area contributed by atoms with Gasteiger partial charge in [-0.25, -0.2) is 4.39 Å². The van der Waals surface area contributed by atoms with Crippen LogP contribution >= 0.6 is 0 Å². The van der Waals surface area contributed by atoms with E-state index < -0.39 is 5.82 Å². The number of hydrogen-bond donors (Lipinski definition) is 0. The summed E-state index contributed by atoms with van der Waals surface area (Å²) in [5, 5.41) is 2.64. The first kappa shape index (κ1) is 10.7. The topological polar surface area (TPSA) is 49.7 Å². The zero-order chi connectivity index (χ0) is 11.5. The van der Waals surface area contributed by atoms with E-state index in [2.05, 4.69) is 5.18 Å². The van der Waals surface area contributed by atoms with E-state index in [9.17, 15) is 14.1 Å². The number of nitrogens with zero attached hydrogens (tertiary/aromatic N) is 2. The minimum Gasteiger partial charge on any atom is -0.310 e. The molecule has 0 bridgehead atoms. The van der Waals surface area contributed by atoms with Crippen LogP contribution in [0.15, 0.2) is 23.4 Å². The molecule has 84 valence electrons. The third kappa shape index (κ3) is 1.93. The van der Waals surface area contributed by atoms with Crippen LogP contribution < -0.4 is 4.90 Å². The van der Waals surface area contributed by atoms with Crippen molar-refractivity contribution in [3.63, 3.8) is 0 Å². The van der Waals surface area contributed by atoms with Crippen molar-refractivity contribution in [1.82, 2.24) is 0 Å². The van der Waals surface area contributed by atoms with Crippen LogP contribution in [0.3, 0.4) is 0 Å². The van der Waals surface area contributed by atoms with Crippen molar-refractivity contribution in [1.29, 1.82) is 0 Å². The molecule has 0 radical (unpaired) electrons. The quantitative estimate of drug-likeness (QED) is 0.722. The van der Waals surface area contributed by atoms with Gasteiger partial charge in [0.2, 0.25) is 5.91 Å². The molecule has 1 saturated heterocycles. The van der Waals surface area contributed by atoms with E-state index in [1.807, 2.05) is 0 Å². The predicted octanol–water partition coefficient (Wildman–Crippen LogP) is 2.74. The summed E-state index contributed by atoms with van der Waals surface area (Å²) in [7, 11) is 0. The molecule has 0 N–H and O–H groups in total. The molecule has 0 saturated carbocycles. The van der Waals surface area contributed by atoms with Crippen molar-refractivity contribution in [3.05, 3.63) is 28.9 Å². The summed E-state index contributed by atoms with van der Waals surface area (Å²) in [6.07, 6.45) is 2.18. The highest BCUT2D eigenvalue weighted by molar-refractivity contribution is 5.94. The van der Waals surface area contributed by atoms with Gasteiger partial charge in [-0.2, -0.15) is 0 Å². The number of piperidine rings is 1. The molecule has 1 aliphatic heterocycles. The molecule has 1 heterocycles. The SMILES string of the molecule is O=Nc1ccc(N2CCCCC2=O)c(F)c1. The molecule has 0 atom stereocenters. The van der Waals surface area contributed by atoms with E-state index in [1.165, 1.54) is 17.0 Å². The maximum absolute atomic E-state index is 13.6. The molecule has 1 aliphatic rings. The van der Waals surface area contributed by atoms with Crippen LogP contribution in [0.5, 0.6) is 0 Å². The van der Waals surface area contributed by atoms with E-state index in [-0.39, 0.29) is 17.3 Å². The number of halogens is 1. The van der Waals surface area contributed by atoms with Crippen molar-refractivity contribution in [2.75, 3.05) is 11.4 Å². The van der Waals surface area contributed by atoms with Crippen molar-refractivity contribution in [3.8, 4) is 0 Å². The van der Waals surface area contributed by atoms with Crippen molar-refractivity contribution in [2.24, 2.45) is 5.18 Å². The highest BCUT2D eigenvalue weighted by atomic mass is 19.1. The molecule has 1 aromatic carbocycles. The normalized spacial score (nSPS) is 16.3. The van der Waals surface area contributed by atoms with Crippen LogP contribution in [0.25, 0.3) is 0 Å². The van der Waals surface area contributed by atoms with Crippen molar-refractivity contribution < 1.29 is 9.18 Å². The van der Waals surface area contributed by atoms with Gasteiger partial charge in [0.25, 0.3) is 0 Å². The van der Waals surface area contributed by atoms with Gasteiger partial charge in [0, 0.05) is 19.0 Å². The van der Waals surface area contributed by atoms with Crippen molar-refractivity contribution >= 4 is 17.3 Å². The first-order valence-corrected chi connectivity index (χ1v) is 5.15. The smallest absolute Gasteiger partial charge is 0.227 e. The first-order valence-electron chi connectivity index (χ1n) is 5.15. The maximum atomic E-state index is 13.6. The number of anilines is 1. The Kier molecular flexibility index (Phi) is 2.94. The Morgan fingerprint density at radius 3 is 2.75 bits per heavy atom. The molecule has 2 rings (SSSR count). The molecular weight excluding hydrogens is 211 g/mol. The number of nitroso groups, excluding NO2 is 1. The van der Waals surface area contributed by atoms with Gasteiger partial charge < -0.3 is 4.90 Å². The molecule has 0 aromatic heterocycles. The highest BCUT2D eigenvalue weighted by Gasteiger charge is 2.22. The Bertz CT molecular complexity index is 434. The van der Waals surface area contributed by atoms with E-state index in [0.717, 1.165) is 18.9 Å². The number of benzene rings is 1. The molecule has 5 heteroatoms. The lowest BCUT2D eigenvalue weighted by atomic mass is 10.1.